The highest BCUT2D eigenvalue weighted by molar-refractivity contribution is 4.89. The van der Waals surface area contributed by atoms with Crippen LogP contribution < -0.4 is 0 Å². The minimum atomic E-state index is -0.175. The predicted octanol–water partition coefficient (Wildman–Crippen LogP) is 0.849. The number of hydrogen-bond acceptors (Lipinski definition) is 3. The van der Waals surface area contributed by atoms with Crippen LogP contribution in [0.4, 0.5) is 0 Å². The minimum Gasteiger partial charge on any atom is -0.392 e. The molecule has 0 aromatic heterocycles. The third-order valence-electron chi connectivity index (χ3n) is 2.67. The third kappa shape index (κ3) is 2.98. The molecule has 13 heavy (non-hydrogen) atoms. The summed E-state index contributed by atoms with van der Waals surface area (Å²) in [5.41, 5.74) is 0. The van der Waals surface area contributed by atoms with Gasteiger partial charge in [-0.15, -0.1) is 0 Å². The van der Waals surface area contributed by atoms with Crippen LogP contribution in [-0.2, 0) is 0 Å². The van der Waals surface area contributed by atoms with Gasteiger partial charge in [0.15, 0.2) is 0 Å². The monoisotopic (exact) mass is 182 g/mol. The number of rotatable bonds is 3. The molecule has 1 aliphatic heterocycles. The van der Waals surface area contributed by atoms with Crippen molar-refractivity contribution >= 4 is 0 Å². The number of nitriles is 1. The Morgan fingerprint density at radius 2 is 2.31 bits per heavy atom. The summed E-state index contributed by atoms with van der Waals surface area (Å²) in [6, 6.07) is 2.32. The van der Waals surface area contributed by atoms with E-state index >= 15 is 0 Å². The molecule has 74 valence electrons. The SMILES string of the molecule is CC(C)C(C#N)CN1CC[C@H](O)C1. The maximum absolute atomic E-state index is 9.30. The van der Waals surface area contributed by atoms with Crippen molar-refractivity contribution in [2.45, 2.75) is 26.4 Å². The molecule has 1 heterocycles. The fraction of sp³-hybridized carbons (Fsp3) is 0.900. The number of nitrogens with zero attached hydrogens (tertiary/aromatic N) is 2. The average Bonchev–Trinajstić information content (AvgIpc) is 2.46. The molecule has 2 atom stereocenters. The van der Waals surface area contributed by atoms with Gasteiger partial charge < -0.3 is 5.11 Å². The molecule has 0 amide bonds. The molecular weight excluding hydrogens is 164 g/mol. The molecule has 1 rings (SSSR count). The Morgan fingerprint density at radius 1 is 1.62 bits per heavy atom. The van der Waals surface area contributed by atoms with Gasteiger partial charge in [-0.05, 0) is 12.3 Å². The average molecular weight is 182 g/mol. The highest BCUT2D eigenvalue weighted by atomic mass is 16.3. The first-order chi connectivity index (χ1) is 6.13. The fourth-order valence-electron chi connectivity index (χ4n) is 1.66. The fourth-order valence-corrected chi connectivity index (χ4v) is 1.66. The van der Waals surface area contributed by atoms with E-state index in [0.29, 0.717) is 5.92 Å². The Hall–Kier alpha value is -0.590. The van der Waals surface area contributed by atoms with Gasteiger partial charge >= 0.3 is 0 Å². The highest BCUT2D eigenvalue weighted by Gasteiger charge is 2.23. The molecule has 0 radical (unpaired) electrons. The second-order valence-electron chi connectivity index (χ2n) is 4.18. The molecule has 1 unspecified atom stereocenters. The van der Waals surface area contributed by atoms with E-state index in [2.05, 4.69) is 24.8 Å². The van der Waals surface area contributed by atoms with Crippen molar-refractivity contribution < 1.29 is 5.11 Å². The molecule has 0 aromatic rings. The van der Waals surface area contributed by atoms with Gasteiger partial charge in [0.2, 0.25) is 0 Å². The van der Waals surface area contributed by atoms with Crippen LogP contribution >= 0.6 is 0 Å². The van der Waals surface area contributed by atoms with Crippen LogP contribution in [0.3, 0.4) is 0 Å². The van der Waals surface area contributed by atoms with Crippen LogP contribution in [0.5, 0.6) is 0 Å². The van der Waals surface area contributed by atoms with Crippen molar-refractivity contribution in [3.8, 4) is 6.07 Å². The van der Waals surface area contributed by atoms with Crippen LogP contribution in [-0.4, -0.2) is 35.7 Å². The minimum absolute atomic E-state index is 0.102. The maximum Gasteiger partial charge on any atom is 0.0679 e. The molecule has 3 nitrogen and oxygen atoms in total. The quantitative estimate of drug-likeness (QED) is 0.704. The standard InChI is InChI=1S/C10H18N2O/c1-8(2)9(5-11)6-12-4-3-10(13)7-12/h8-10,13H,3-4,6-7H2,1-2H3/t9?,10-/m0/s1. The largest absolute Gasteiger partial charge is 0.392 e. The molecule has 0 aliphatic carbocycles. The van der Waals surface area contributed by atoms with Gasteiger partial charge in [-0.1, -0.05) is 13.8 Å². The molecule has 0 saturated carbocycles. The summed E-state index contributed by atoms with van der Waals surface area (Å²) in [5.74, 6) is 0.507. The van der Waals surface area contributed by atoms with Gasteiger partial charge in [-0.2, -0.15) is 5.26 Å². The first-order valence-corrected chi connectivity index (χ1v) is 4.93. The number of likely N-dealkylation sites (tertiary alicyclic amines) is 1. The molecular formula is C10H18N2O. The van der Waals surface area contributed by atoms with Crippen molar-refractivity contribution in [3.63, 3.8) is 0 Å². The van der Waals surface area contributed by atoms with E-state index in [0.717, 1.165) is 26.1 Å². The summed E-state index contributed by atoms with van der Waals surface area (Å²) in [6.07, 6.45) is 0.683. The first kappa shape index (κ1) is 10.5. The second-order valence-corrected chi connectivity index (χ2v) is 4.18. The van der Waals surface area contributed by atoms with E-state index < -0.39 is 0 Å². The van der Waals surface area contributed by atoms with E-state index in [-0.39, 0.29) is 12.0 Å². The second kappa shape index (κ2) is 4.59. The van der Waals surface area contributed by atoms with Crippen LogP contribution in [0, 0.1) is 23.2 Å². The van der Waals surface area contributed by atoms with Crippen molar-refractivity contribution in [2.75, 3.05) is 19.6 Å². The smallest absolute Gasteiger partial charge is 0.0679 e. The van der Waals surface area contributed by atoms with Gasteiger partial charge in [-0.3, -0.25) is 4.90 Å². The lowest BCUT2D eigenvalue weighted by atomic mass is 9.97. The van der Waals surface area contributed by atoms with Crippen LogP contribution in [0.2, 0.25) is 0 Å². The molecule has 1 N–H and O–H groups in total. The zero-order chi connectivity index (χ0) is 9.84. The van der Waals surface area contributed by atoms with Gasteiger partial charge in [0.1, 0.15) is 0 Å². The molecule has 0 aromatic carbocycles. The predicted molar refractivity (Wildman–Crippen MR) is 51.0 cm³/mol. The van der Waals surface area contributed by atoms with Crippen LogP contribution in [0.25, 0.3) is 0 Å². The first-order valence-electron chi connectivity index (χ1n) is 4.93. The highest BCUT2D eigenvalue weighted by Crippen LogP contribution is 2.15. The van der Waals surface area contributed by atoms with E-state index in [4.69, 9.17) is 5.26 Å². The number of aliphatic hydroxyl groups is 1. The van der Waals surface area contributed by atoms with Crippen LogP contribution in [0.15, 0.2) is 0 Å². The molecule has 0 bridgehead atoms. The molecule has 1 fully saturated rings. The van der Waals surface area contributed by atoms with Crippen molar-refractivity contribution in [1.29, 1.82) is 5.26 Å². The van der Waals surface area contributed by atoms with Crippen molar-refractivity contribution in [1.82, 2.24) is 4.90 Å². The van der Waals surface area contributed by atoms with Crippen molar-refractivity contribution in [2.24, 2.45) is 11.8 Å². The summed E-state index contributed by atoms with van der Waals surface area (Å²) in [4.78, 5) is 2.18. The number of β-amino-alcohol motifs (C(OH)–C–C–N with tert-alkyl or cyclic N) is 1. The van der Waals surface area contributed by atoms with Gasteiger partial charge in [0.25, 0.3) is 0 Å². The van der Waals surface area contributed by atoms with Crippen molar-refractivity contribution in [3.05, 3.63) is 0 Å². The normalized spacial score (nSPS) is 26.2. The van der Waals surface area contributed by atoms with E-state index in [9.17, 15) is 5.11 Å². The molecule has 1 saturated heterocycles. The molecule has 0 spiro atoms. The maximum atomic E-state index is 9.30. The summed E-state index contributed by atoms with van der Waals surface area (Å²) < 4.78 is 0. The van der Waals surface area contributed by atoms with Gasteiger partial charge in [0.05, 0.1) is 18.1 Å². The topological polar surface area (TPSA) is 47.3 Å². The number of aliphatic hydroxyl groups excluding tert-OH is 1. The third-order valence-corrected chi connectivity index (χ3v) is 2.67. The zero-order valence-corrected chi connectivity index (χ0v) is 8.40. The lowest BCUT2D eigenvalue weighted by Crippen LogP contribution is -2.30. The van der Waals surface area contributed by atoms with Gasteiger partial charge in [-0.25, -0.2) is 0 Å². The molecule has 1 aliphatic rings. The molecule has 3 heteroatoms. The van der Waals surface area contributed by atoms with E-state index in [1.807, 2.05) is 0 Å². The number of hydrogen-bond donors (Lipinski definition) is 1. The summed E-state index contributed by atoms with van der Waals surface area (Å²) >= 11 is 0. The van der Waals surface area contributed by atoms with Crippen LogP contribution in [0.1, 0.15) is 20.3 Å². The lowest BCUT2D eigenvalue weighted by Gasteiger charge is -2.20. The zero-order valence-electron chi connectivity index (χ0n) is 8.40. The Morgan fingerprint density at radius 3 is 2.69 bits per heavy atom. The Kier molecular flexibility index (Phi) is 3.71. The Balaban J connectivity index is 2.35. The lowest BCUT2D eigenvalue weighted by molar-refractivity contribution is 0.170. The summed E-state index contributed by atoms with van der Waals surface area (Å²) in [6.45, 7) is 6.63. The van der Waals surface area contributed by atoms with E-state index in [1.165, 1.54) is 0 Å². The Bertz CT molecular complexity index is 198. The summed E-state index contributed by atoms with van der Waals surface area (Å²) in [7, 11) is 0. The van der Waals surface area contributed by atoms with E-state index in [1.54, 1.807) is 0 Å². The summed E-state index contributed by atoms with van der Waals surface area (Å²) in [5, 5.41) is 18.2. The van der Waals surface area contributed by atoms with Gasteiger partial charge in [0, 0.05) is 19.6 Å². The Labute approximate surface area is 80.0 Å².